The molecule has 1 unspecified atom stereocenters. The first kappa shape index (κ1) is 13.5. The predicted octanol–water partition coefficient (Wildman–Crippen LogP) is 2.45. The second-order valence-electron chi connectivity index (χ2n) is 5.42. The van der Waals surface area contributed by atoms with Crippen LogP contribution in [0.25, 0.3) is 11.6 Å². The van der Waals surface area contributed by atoms with Crippen LogP contribution in [0.2, 0.25) is 0 Å². The summed E-state index contributed by atoms with van der Waals surface area (Å²) < 4.78 is 10.7. The Morgan fingerprint density at radius 3 is 2.58 bits per heavy atom. The Hall–Kier alpha value is -1.95. The first-order chi connectivity index (χ1) is 8.91. The summed E-state index contributed by atoms with van der Waals surface area (Å²) in [6.07, 6.45) is 1.32. The van der Waals surface area contributed by atoms with Gasteiger partial charge in [0.2, 0.25) is 5.82 Å². The fraction of sp³-hybridized carbons (Fsp3) is 0.462. The Kier molecular flexibility index (Phi) is 3.53. The van der Waals surface area contributed by atoms with E-state index in [-0.39, 0.29) is 11.5 Å². The number of hydrogen-bond acceptors (Lipinski definition) is 6. The van der Waals surface area contributed by atoms with Crippen LogP contribution in [0.3, 0.4) is 0 Å². The summed E-state index contributed by atoms with van der Waals surface area (Å²) in [4.78, 5) is 8.49. The van der Waals surface area contributed by atoms with Crippen molar-refractivity contribution in [1.82, 2.24) is 15.1 Å². The second-order valence-corrected chi connectivity index (χ2v) is 5.42. The smallest absolute Gasteiger partial charge is 0.276 e. The summed E-state index contributed by atoms with van der Waals surface area (Å²) in [5, 5.41) is 3.97. The molecule has 19 heavy (non-hydrogen) atoms. The maximum absolute atomic E-state index is 5.59. The fourth-order valence-corrected chi connectivity index (χ4v) is 1.82. The molecule has 0 aliphatic heterocycles. The van der Waals surface area contributed by atoms with Gasteiger partial charge in [0.25, 0.3) is 5.89 Å². The number of nitrogens with zero attached hydrogens (tertiary/aromatic N) is 3. The Bertz CT molecular complexity index is 543. The van der Waals surface area contributed by atoms with Crippen LogP contribution in [0.4, 0.5) is 5.69 Å². The molecule has 0 saturated heterocycles. The highest BCUT2D eigenvalue weighted by atomic mass is 16.5. The highest BCUT2D eigenvalue weighted by molar-refractivity contribution is 5.50. The lowest BCUT2D eigenvalue weighted by molar-refractivity contribution is 0.00718. The zero-order chi connectivity index (χ0) is 14.0. The lowest BCUT2D eigenvalue weighted by Crippen LogP contribution is -2.21. The molecule has 1 atom stereocenters. The van der Waals surface area contributed by atoms with Crippen LogP contribution in [0, 0.1) is 5.41 Å². The number of nitrogens with two attached hydrogens (primary N) is 1. The van der Waals surface area contributed by atoms with Gasteiger partial charge < -0.3 is 15.0 Å². The fourth-order valence-electron chi connectivity index (χ4n) is 1.82. The molecule has 6 heteroatoms. The maximum Gasteiger partial charge on any atom is 0.276 e. The van der Waals surface area contributed by atoms with E-state index in [0.717, 1.165) is 0 Å². The Morgan fingerprint density at radius 1 is 1.32 bits per heavy atom. The van der Waals surface area contributed by atoms with E-state index in [1.54, 1.807) is 25.4 Å². The first-order valence-electron chi connectivity index (χ1n) is 6.00. The Morgan fingerprint density at radius 2 is 2.05 bits per heavy atom. The van der Waals surface area contributed by atoms with Gasteiger partial charge in [-0.25, -0.2) is 4.98 Å². The molecule has 2 N–H and O–H groups in total. The SMILES string of the molecule is COC(c1noc(-c2ccc(N)cn2)n1)C(C)(C)C. The molecular weight excluding hydrogens is 244 g/mol. The number of aromatic nitrogens is 3. The normalized spacial score (nSPS) is 13.5. The van der Waals surface area contributed by atoms with Crippen molar-refractivity contribution < 1.29 is 9.26 Å². The highest BCUT2D eigenvalue weighted by Gasteiger charge is 2.30. The van der Waals surface area contributed by atoms with Gasteiger partial charge in [-0.2, -0.15) is 4.98 Å². The third-order valence-corrected chi connectivity index (χ3v) is 2.70. The van der Waals surface area contributed by atoms with Crippen molar-refractivity contribution in [3.63, 3.8) is 0 Å². The van der Waals surface area contributed by atoms with Crippen LogP contribution in [-0.4, -0.2) is 22.2 Å². The molecule has 0 radical (unpaired) electrons. The molecular formula is C13H18N4O2. The zero-order valence-electron chi connectivity index (χ0n) is 11.5. The van der Waals surface area contributed by atoms with Crippen LogP contribution < -0.4 is 5.73 Å². The van der Waals surface area contributed by atoms with Gasteiger partial charge >= 0.3 is 0 Å². The number of anilines is 1. The van der Waals surface area contributed by atoms with E-state index in [2.05, 4.69) is 35.9 Å². The number of rotatable bonds is 3. The third kappa shape index (κ3) is 2.90. The predicted molar refractivity (Wildman–Crippen MR) is 71.1 cm³/mol. The summed E-state index contributed by atoms with van der Waals surface area (Å²) in [5.41, 5.74) is 6.65. The van der Waals surface area contributed by atoms with Gasteiger partial charge in [0, 0.05) is 7.11 Å². The molecule has 0 fully saturated rings. The Balaban J connectivity index is 2.30. The largest absolute Gasteiger partial charge is 0.397 e. The number of methoxy groups -OCH3 is 1. The molecule has 102 valence electrons. The zero-order valence-corrected chi connectivity index (χ0v) is 11.5. The molecule has 0 bridgehead atoms. The number of hydrogen-bond donors (Lipinski definition) is 1. The minimum absolute atomic E-state index is 0.121. The molecule has 2 heterocycles. The molecule has 0 spiro atoms. The summed E-state index contributed by atoms with van der Waals surface area (Å²) in [7, 11) is 1.63. The third-order valence-electron chi connectivity index (χ3n) is 2.70. The van der Waals surface area contributed by atoms with Gasteiger partial charge in [-0.15, -0.1) is 0 Å². The van der Waals surface area contributed by atoms with Gasteiger partial charge in [0.1, 0.15) is 11.8 Å². The number of ether oxygens (including phenoxy) is 1. The van der Waals surface area contributed by atoms with Crippen molar-refractivity contribution in [2.75, 3.05) is 12.8 Å². The van der Waals surface area contributed by atoms with Crippen molar-refractivity contribution in [2.24, 2.45) is 5.41 Å². The van der Waals surface area contributed by atoms with Crippen molar-refractivity contribution >= 4 is 5.69 Å². The van der Waals surface area contributed by atoms with Crippen molar-refractivity contribution in [2.45, 2.75) is 26.9 Å². The van der Waals surface area contributed by atoms with Gasteiger partial charge in [-0.05, 0) is 17.5 Å². The van der Waals surface area contributed by atoms with Crippen molar-refractivity contribution in [3.8, 4) is 11.6 Å². The van der Waals surface area contributed by atoms with E-state index in [4.69, 9.17) is 15.0 Å². The average Bonchev–Trinajstić information content (AvgIpc) is 2.78. The lowest BCUT2D eigenvalue weighted by atomic mass is 9.88. The van der Waals surface area contributed by atoms with Gasteiger partial charge in [0.15, 0.2) is 0 Å². The summed E-state index contributed by atoms with van der Waals surface area (Å²) in [5.74, 6) is 0.880. The first-order valence-corrected chi connectivity index (χ1v) is 6.00. The molecule has 2 aromatic rings. The van der Waals surface area contributed by atoms with E-state index >= 15 is 0 Å². The molecule has 0 aromatic carbocycles. The summed E-state index contributed by atoms with van der Waals surface area (Å²) in [6.45, 7) is 6.16. The monoisotopic (exact) mass is 262 g/mol. The van der Waals surface area contributed by atoms with Gasteiger partial charge in [-0.1, -0.05) is 25.9 Å². The summed E-state index contributed by atoms with van der Waals surface area (Å²) >= 11 is 0. The minimum Gasteiger partial charge on any atom is -0.397 e. The number of nitrogen functional groups attached to an aromatic ring is 1. The van der Waals surface area contributed by atoms with Crippen LogP contribution >= 0.6 is 0 Å². The van der Waals surface area contributed by atoms with E-state index in [0.29, 0.717) is 23.1 Å². The molecule has 0 aliphatic rings. The molecule has 0 amide bonds. The van der Waals surface area contributed by atoms with Crippen molar-refractivity contribution in [1.29, 1.82) is 0 Å². The Labute approximate surface area is 112 Å². The van der Waals surface area contributed by atoms with E-state index in [9.17, 15) is 0 Å². The number of pyridine rings is 1. The van der Waals surface area contributed by atoms with E-state index in [1.807, 2.05) is 0 Å². The molecule has 0 aliphatic carbocycles. The molecule has 0 saturated carbocycles. The molecule has 6 nitrogen and oxygen atoms in total. The van der Waals surface area contributed by atoms with E-state index < -0.39 is 0 Å². The van der Waals surface area contributed by atoms with Crippen LogP contribution in [-0.2, 0) is 4.74 Å². The highest BCUT2D eigenvalue weighted by Crippen LogP contribution is 2.34. The quantitative estimate of drug-likeness (QED) is 0.914. The maximum atomic E-state index is 5.59. The van der Waals surface area contributed by atoms with Gasteiger partial charge in [-0.3, -0.25) is 0 Å². The van der Waals surface area contributed by atoms with Crippen LogP contribution in [0.1, 0.15) is 32.7 Å². The second kappa shape index (κ2) is 4.97. The minimum atomic E-state index is -0.237. The standard InChI is InChI=1S/C13H18N4O2/c1-13(2,3)10(18-4)11-16-12(19-17-11)9-6-5-8(14)7-15-9/h5-7,10H,14H2,1-4H3. The average molecular weight is 262 g/mol. The van der Waals surface area contributed by atoms with Crippen LogP contribution in [0.15, 0.2) is 22.9 Å². The van der Waals surface area contributed by atoms with Crippen LogP contribution in [0.5, 0.6) is 0 Å². The topological polar surface area (TPSA) is 87.1 Å². The molecule has 2 rings (SSSR count). The lowest BCUT2D eigenvalue weighted by Gasteiger charge is -2.26. The van der Waals surface area contributed by atoms with Gasteiger partial charge in [0.05, 0.1) is 11.9 Å². The summed E-state index contributed by atoms with van der Waals surface area (Å²) in [6, 6.07) is 3.48. The van der Waals surface area contributed by atoms with E-state index in [1.165, 1.54) is 0 Å². The van der Waals surface area contributed by atoms with Crippen molar-refractivity contribution in [3.05, 3.63) is 24.2 Å². The molecule has 2 aromatic heterocycles.